The van der Waals surface area contributed by atoms with E-state index in [1.807, 2.05) is 6.07 Å². The largest absolute Gasteiger partial charge is 0.231 e. The molecule has 57 heavy (non-hydrogen) atoms. The maximum absolute atomic E-state index is 5.38. The van der Waals surface area contributed by atoms with Gasteiger partial charge >= 0.3 is 0 Å². The number of rotatable bonds is 6. The number of hydrogen-bond acceptors (Lipinski definition) is 4. The summed E-state index contributed by atoms with van der Waals surface area (Å²) in [5, 5.41) is 12.3. The first-order valence-corrected chi connectivity index (χ1v) is 19.1. The summed E-state index contributed by atoms with van der Waals surface area (Å²) in [7, 11) is 0. The molecule has 0 atom stereocenters. The van der Waals surface area contributed by atoms with Crippen LogP contribution in [-0.4, -0.2) is 24.6 Å². The Hall–Kier alpha value is -7.76. The number of nitrogens with zero attached hydrogens (tertiary/aromatic N) is 5. The molecule has 0 saturated carbocycles. The molecular weight excluding hydrogens is 695 g/mol. The van der Waals surface area contributed by atoms with Gasteiger partial charge in [-0.2, -0.15) is 5.10 Å². The average molecular weight is 728 g/mol. The lowest BCUT2D eigenvalue weighted by molar-refractivity contribution is 0.979. The van der Waals surface area contributed by atoms with Crippen LogP contribution in [0.1, 0.15) is 0 Å². The van der Waals surface area contributed by atoms with Crippen molar-refractivity contribution in [2.24, 2.45) is 0 Å². The van der Waals surface area contributed by atoms with Crippen LogP contribution in [0.25, 0.3) is 106 Å². The van der Waals surface area contributed by atoms with Crippen LogP contribution in [-0.2, 0) is 0 Å². The minimum atomic E-state index is 0.614. The molecule has 0 amide bonds. The van der Waals surface area contributed by atoms with E-state index in [-0.39, 0.29) is 0 Å². The van der Waals surface area contributed by atoms with E-state index in [0.717, 1.165) is 77.4 Å². The number of hydrogen-bond donors (Lipinski definition) is 0. The number of fused-ring (bicyclic) bond motifs is 5. The zero-order valence-electron chi connectivity index (χ0n) is 30.8. The Balaban J connectivity index is 1.10. The summed E-state index contributed by atoms with van der Waals surface area (Å²) < 4.78 is 2.13. The smallest absolute Gasteiger partial charge is 0.164 e. The van der Waals surface area contributed by atoms with Gasteiger partial charge in [0.2, 0.25) is 0 Å². The zero-order chi connectivity index (χ0) is 37.7. The van der Waals surface area contributed by atoms with Crippen molar-refractivity contribution in [1.82, 2.24) is 24.6 Å². The molecular formula is C52H33N5. The van der Waals surface area contributed by atoms with E-state index < -0.39 is 0 Å². The van der Waals surface area contributed by atoms with Gasteiger partial charge in [-0.3, -0.25) is 0 Å². The number of benzene rings is 8. The first-order chi connectivity index (χ1) is 28.2. The third-order valence-electron chi connectivity index (χ3n) is 10.8. The van der Waals surface area contributed by atoms with E-state index in [0.29, 0.717) is 17.5 Å². The van der Waals surface area contributed by atoms with Gasteiger partial charge in [0.05, 0.1) is 11.2 Å². The Bertz CT molecular complexity index is 3180. The molecule has 0 N–H and O–H groups in total. The summed E-state index contributed by atoms with van der Waals surface area (Å²) >= 11 is 0. The highest BCUT2D eigenvalue weighted by Gasteiger charge is 2.22. The Morgan fingerprint density at radius 1 is 0.316 bits per heavy atom. The van der Waals surface area contributed by atoms with E-state index in [4.69, 9.17) is 20.1 Å². The number of pyridine rings is 1. The molecule has 11 rings (SSSR count). The minimum absolute atomic E-state index is 0.614. The Kier molecular flexibility index (Phi) is 7.74. The highest BCUT2D eigenvalue weighted by Crippen LogP contribution is 2.41. The summed E-state index contributed by atoms with van der Waals surface area (Å²) in [5.41, 5.74) is 10.1. The molecule has 3 heterocycles. The average Bonchev–Trinajstić information content (AvgIpc) is 3.70. The SMILES string of the molecule is c1ccc(-c2nn3c(-c4ccccc4)cc4ccccc4c3c2-c2ccc(-c3nc(-c4ccc5ccccc5c4)nc(-c4ccc5ccccc5c4)n3)cc2)cc1. The molecule has 11 aromatic rings. The zero-order valence-corrected chi connectivity index (χ0v) is 30.8. The summed E-state index contributed by atoms with van der Waals surface area (Å²) in [6, 6.07) is 69.9. The first-order valence-electron chi connectivity index (χ1n) is 19.1. The maximum Gasteiger partial charge on any atom is 0.164 e. The van der Waals surface area contributed by atoms with Gasteiger partial charge in [0.15, 0.2) is 17.5 Å². The molecule has 0 aliphatic rings. The van der Waals surface area contributed by atoms with E-state index in [1.165, 1.54) is 10.8 Å². The summed E-state index contributed by atoms with van der Waals surface area (Å²) in [6.07, 6.45) is 0. The van der Waals surface area contributed by atoms with Crippen molar-refractivity contribution < 1.29 is 0 Å². The quantitative estimate of drug-likeness (QED) is 0.171. The van der Waals surface area contributed by atoms with Crippen LogP contribution in [0.3, 0.4) is 0 Å². The van der Waals surface area contributed by atoms with Crippen LogP contribution in [0.15, 0.2) is 200 Å². The normalized spacial score (nSPS) is 11.5. The Labute approximate surface area is 329 Å². The van der Waals surface area contributed by atoms with Crippen LogP contribution in [0.4, 0.5) is 0 Å². The van der Waals surface area contributed by atoms with Crippen molar-refractivity contribution in [3.8, 4) is 67.8 Å². The molecule has 0 aliphatic heterocycles. The molecule has 0 unspecified atom stereocenters. The van der Waals surface area contributed by atoms with Gasteiger partial charge in [0.1, 0.15) is 5.69 Å². The third kappa shape index (κ3) is 5.81. The van der Waals surface area contributed by atoms with Crippen LogP contribution < -0.4 is 0 Å². The molecule has 8 aromatic carbocycles. The molecule has 5 heteroatoms. The van der Waals surface area contributed by atoms with E-state index in [1.54, 1.807) is 0 Å². The highest BCUT2D eigenvalue weighted by molar-refractivity contribution is 6.08. The molecule has 5 nitrogen and oxygen atoms in total. The Morgan fingerprint density at radius 3 is 1.37 bits per heavy atom. The van der Waals surface area contributed by atoms with E-state index >= 15 is 0 Å². The molecule has 0 saturated heterocycles. The molecule has 266 valence electrons. The predicted molar refractivity (Wildman–Crippen MR) is 234 cm³/mol. The van der Waals surface area contributed by atoms with Gasteiger partial charge in [-0.05, 0) is 50.7 Å². The van der Waals surface area contributed by atoms with Crippen molar-refractivity contribution in [2.75, 3.05) is 0 Å². The molecule has 0 radical (unpaired) electrons. The summed E-state index contributed by atoms with van der Waals surface area (Å²) in [4.78, 5) is 15.3. The lowest BCUT2D eigenvalue weighted by Crippen LogP contribution is -2.00. The van der Waals surface area contributed by atoms with Crippen molar-refractivity contribution >= 4 is 37.8 Å². The predicted octanol–water partition coefficient (Wildman–Crippen LogP) is 13.0. The van der Waals surface area contributed by atoms with Gasteiger partial charge in [-0.1, -0.05) is 182 Å². The minimum Gasteiger partial charge on any atom is -0.231 e. The molecule has 0 spiro atoms. The van der Waals surface area contributed by atoms with E-state index in [2.05, 4.69) is 199 Å². The lowest BCUT2D eigenvalue weighted by atomic mass is 9.96. The summed E-state index contributed by atoms with van der Waals surface area (Å²) in [6.45, 7) is 0. The monoisotopic (exact) mass is 727 g/mol. The first kappa shape index (κ1) is 32.7. The fourth-order valence-electron chi connectivity index (χ4n) is 7.98. The van der Waals surface area contributed by atoms with Crippen LogP contribution >= 0.6 is 0 Å². The van der Waals surface area contributed by atoms with Crippen molar-refractivity contribution in [3.63, 3.8) is 0 Å². The second-order valence-corrected chi connectivity index (χ2v) is 14.3. The van der Waals surface area contributed by atoms with E-state index in [9.17, 15) is 0 Å². The van der Waals surface area contributed by atoms with Gasteiger partial charge < -0.3 is 0 Å². The summed E-state index contributed by atoms with van der Waals surface area (Å²) in [5.74, 6) is 1.88. The van der Waals surface area contributed by atoms with Gasteiger partial charge in [-0.25, -0.2) is 19.5 Å². The van der Waals surface area contributed by atoms with Crippen molar-refractivity contribution in [3.05, 3.63) is 200 Å². The van der Waals surface area contributed by atoms with Gasteiger partial charge in [0.25, 0.3) is 0 Å². The second kappa shape index (κ2) is 13.5. The molecule has 0 aliphatic carbocycles. The third-order valence-corrected chi connectivity index (χ3v) is 10.8. The topological polar surface area (TPSA) is 56.0 Å². The Morgan fingerprint density at radius 2 is 0.772 bits per heavy atom. The highest BCUT2D eigenvalue weighted by atomic mass is 15.2. The second-order valence-electron chi connectivity index (χ2n) is 14.3. The van der Waals surface area contributed by atoms with Crippen LogP contribution in [0.2, 0.25) is 0 Å². The number of aromatic nitrogens is 5. The molecule has 0 fully saturated rings. The lowest BCUT2D eigenvalue weighted by Gasteiger charge is -2.12. The van der Waals surface area contributed by atoms with Gasteiger partial charge in [0, 0.05) is 38.8 Å². The van der Waals surface area contributed by atoms with Crippen molar-refractivity contribution in [1.29, 1.82) is 0 Å². The fraction of sp³-hybridized carbons (Fsp3) is 0. The molecule has 3 aromatic heterocycles. The van der Waals surface area contributed by atoms with Gasteiger partial charge in [-0.15, -0.1) is 0 Å². The standard InChI is InChI=1S/C52H33N5/c1-3-15-36(16-4-1)46-33-42-21-11-12-22-45(42)49-47(48(56-57(46)49)38-17-5-2-6-18-38)37-25-27-39(28-26-37)50-53-51(43-29-23-34-13-7-9-19-40(34)31-43)55-52(54-50)44-30-24-35-14-8-10-20-41(35)32-44/h1-33H. The van der Waals surface area contributed by atoms with Crippen LogP contribution in [0, 0.1) is 0 Å². The molecule has 0 bridgehead atoms. The van der Waals surface area contributed by atoms with Crippen molar-refractivity contribution in [2.45, 2.75) is 0 Å². The fourth-order valence-corrected chi connectivity index (χ4v) is 7.98. The van der Waals surface area contributed by atoms with Crippen LogP contribution in [0.5, 0.6) is 0 Å². The maximum atomic E-state index is 5.38.